The smallest absolute Gasteiger partial charge is 0.264 e. The Morgan fingerprint density at radius 3 is 2.74 bits per heavy atom. The molecule has 0 aliphatic heterocycles. The molecule has 31 heavy (non-hydrogen) atoms. The third-order valence-electron chi connectivity index (χ3n) is 5.68. The van der Waals surface area contributed by atoms with Gasteiger partial charge in [0.05, 0.1) is 23.8 Å². The van der Waals surface area contributed by atoms with Gasteiger partial charge in [-0.15, -0.1) is 11.3 Å². The lowest BCUT2D eigenvalue weighted by Gasteiger charge is -2.16. The zero-order valence-electron chi connectivity index (χ0n) is 17.6. The first-order valence-electron chi connectivity index (χ1n) is 10.6. The summed E-state index contributed by atoms with van der Waals surface area (Å²) in [6.07, 6.45) is 7.89. The summed E-state index contributed by atoms with van der Waals surface area (Å²) >= 11 is 1.65. The van der Waals surface area contributed by atoms with Crippen LogP contribution in [0.15, 0.2) is 41.5 Å². The van der Waals surface area contributed by atoms with Crippen molar-refractivity contribution in [3.63, 3.8) is 0 Å². The number of nitrogens with one attached hydrogen (secondary N) is 1. The zero-order valence-corrected chi connectivity index (χ0v) is 18.4. The quantitative estimate of drug-likeness (QED) is 0.475. The lowest BCUT2D eigenvalue weighted by Crippen LogP contribution is -2.26. The Morgan fingerprint density at radius 1 is 1.19 bits per heavy atom. The van der Waals surface area contributed by atoms with E-state index in [-0.39, 0.29) is 17.4 Å². The molecule has 1 aliphatic rings. The van der Waals surface area contributed by atoms with Crippen molar-refractivity contribution in [3.05, 3.63) is 68.8 Å². The van der Waals surface area contributed by atoms with Crippen LogP contribution >= 0.6 is 11.3 Å². The summed E-state index contributed by atoms with van der Waals surface area (Å²) < 4.78 is 16.6. The first-order chi connectivity index (χ1) is 15.0. The molecule has 160 valence electrons. The minimum Gasteiger partial charge on any atom is -0.323 e. The molecular weight excluding hydrogens is 413 g/mol. The molecule has 0 saturated carbocycles. The molecule has 1 aliphatic carbocycles. The topological polar surface area (TPSA) is 64.7 Å². The van der Waals surface area contributed by atoms with Gasteiger partial charge in [-0.1, -0.05) is 12.1 Å². The lowest BCUT2D eigenvalue weighted by molar-refractivity contribution is 0.582. The minimum atomic E-state index is -0.255. The number of anilines is 2. The van der Waals surface area contributed by atoms with Crippen LogP contribution in [0.2, 0.25) is 0 Å². The van der Waals surface area contributed by atoms with E-state index in [0.717, 1.165) is 40.7 Å². The van der Waals surface area contributed by atoms with E-state index in [1.165, 1.54) is 29.0 Å². The van der Waals surface area contributed by atoms with Gasteiger partial charge in [0, 0.05) is 17.1 Å². The van der Waals surface area contributed by atoms with E-state index in [2.05, 4.69) is 10.4 Å². The number of fused-ring (bicyclic) bond motifs is 3. The second kappa shape index (κ2) is 7.92. The van der Waals surface area contributed by atoms with Crippen LogP contribution in [0.25, 0.3) is 10.2 Å². The number of thiophene rings is 1. The van der Waals surface area contributed by atoms with Crippen molar-refractivity contribution in [2.45, 2.75) is 52.1 Å². The maximum Gasteiger partial charge on any atom is 0.264 e. The summed E-state index contributed by atoms with van der Waals surface area (Å²) in [6.45, 7) is 4.52. The van der Waals surface area contributed by atoms with E-state index < -0.39 is 0 Å². The second-order valence-corrected chi connectivity index (χ2v) is 9.36. The molecule has 0 atom stereocenters. The molecule has 0 unspecified atom stereocenters. The highest BCUT2D eigenvalue weighted by molar-refractivity contribution is 7.18. The van der Waals surface area contributed by atoms with Crippen molar-refractivity contribution in [1.29, 1.82) is 0 Å². The predicted molar refractivity (Wildman–Crippen MR) is 122 cm³/mol. The number of aromatic nitrogens is 4. The van der Waals surface area contributed by atoms with Crippen LogP contribution < -0.4 is 10.9 Å². The Hall–Kier alpha value is -3.00. The van der Waals surface area contributed by atoms with E-state index in [9.17, 15) is 9.18 Å². The Bertz CT molecular complexity index is 1300. The highest BCUT2D eigenvalue weighted by Crippen LogP contribution is 2.35. The molecule has 5 rings (SSSR count). The first kappa shape index (κ1) is 19.9. The molecular formula is C23H24FN5OS. The van der Waals surface area contributed by atoms with Crippen LogP contribution in [0.1, 0.15) is 48.7 Å². The van der Waals surface area contributed by atoms with E-state index in [0.29, 0.717) is 12.5 Å². The third kappa shape index (κ3) is 3.76. The van der Waals surface area contributed by atoms with E-state index in [1.54, 1.807) is 38.9 Å². The molecule has 0 bridgehead atoms. The molecule has 4 aromatic rings. The fourth-order valence-corrected chi connectivity index (χ4v) is 5.46. The summed E-state index contributed by atoms with van der Waals surface area (Å²) in [6, 6.07) is 6.35. The van der Waals surface area contributed by atoms with Gasteiger partial charge < -0.3 is 5.32 Å². The van der Waals surface area contributed by atoms with Crippen LogP contribution in [-0.4, -0.2) is 19.3 Å². The van der Waals surface area contributed by atoms with E-state index in [1.807, 2.05) is 20.0 Å². The molecule has 0 radical (unpaired) electrons. The summed E-state index contributed by atoms with van der Waals surface area (Å²) in [4.78, 5) is 20.4. The van der Waals surface area contributed by atoms with Gasteiger partial charge in [-0.2, -0.15) is 5.10 Å². The first-order valence-corrected chi connectivity index (χ1v) is 11.4. The fraction of sp³-hybridized carbons (Fsp3) is 0.348. The van der Waals surface area contributed by atoms with Gasteiger partial charge in [-0.3, -0.25) is 14.0 Å². The van der Waals surface area contributed by atoms with Gasteiger partial charge in [-0.05, 0) is 62.8 Å². The number of hydrogen-bond donors (Lipinski definition) is 1. The Morgan fingerprint density at radius 2 is 1.97 bits per heavy atom. The summed E-state index contributed by atoms with van der Waals surface area (Å²) in [5.41, 5.74) is 2.94. The van der Waals surface area contributed by atoms with Gasteiger partial charge >= 0.3 is 0 Å². The van der Waals surface area contributed by atoms with Crippen LogP contribution in [0.3, 0.4) is 0 Å². The average Bonchev–Trinajstić information content (AvgIpc) is 3.33. The Labute approximate surface area is 183 Å². The second-order valence-electron chi connectivity index (χ2n) is 8.27. The van der Waals surface area contributed by atoms with E-state index >= 15 is 0 Å². The van der Waals surface area contributed by atoms with Crippen molar-refractivity contribution in [2.75, 3.05) is 5.32 Å². The number of halogens is 1. The molecule has 0 saturated heterocycles. The Kier molecular flexibility index (Phi) is 5.09. The summed E-state index contributed by atoms with van der Waals surface area (Å²) in [5.74, 6) is 0.280. The van der Waals surface area contributed by atoms with Gasteiger partial charge in [-0.25, -0.2) is 9.37 Å². The molecule has 0 fully saturated rings. The minimum absolute atomic E-state index is 0.0275. The maximum absolute atomic E-state index is 13.4. The van der Waals surface area contributed by atoms with Crippen molar-refractivity contribution < 1.29 is 4.39 Å². The van der Waals surface area contributed by atoms with Crippen molar-refractivity contribution in [2.24, 2.45) is 0 Å². The highest BCUT2D eigenvalue weighted by atomic mass is 32.1. The van der Waals surface area contributed by atoms with Gasteiger partial charge in [0.15, 0.2) is 0 Å². The normalized spacial score (nSPS) is 13.7. The number of rotatable bonds is 5. The van der Waals surface area contributed by atoms with Crippen molar-refractivity contribution in [1.82, 2.24) is 19.3 Å². The van der Waals surface area contributed by atoms with Crippen LogP contribution in [0, 0.1) is 5.82 Å². The van der Waals surface area contributed by atoms with Crippen LogP contribution in [0.4, 0.5) is 16.0 Å². The molecule has 0 spiro atoms. The summed E-state index contributed by atoms with van der Waals surface area (Å²) in [5, 5.41) is 8.49. The number of aryl methyl sites for hydroxylation is 2. The van der Waals surface area contributed by atoms with Gasteiger partial charge in [0.1, 0.15) is 10.6 Å². The van der Waals surface area contributed by atoms with E-state index in [4.69, 9.17) is 4.98 Å². The molecule has 3 heterocycles. The molecule has 8 heteroatoms. The molecule has 0 amide bonds. The fourth-order valence-electron chi connectivity index (χ4n) is 4.21. The molecule has 6 nitrogen and oxygen atoms in total. The van der Waals surface area contributed by atoms with Gasteiger partial charge in [0.25, 0.3) is 5.56 Å². The third-order valence-corrected chi connectivity index (χ3v) is 6.87. The SMILES string of the molecule is CC(C)n1c(Nc2cnn(Cc3ccc(F)cc3)c2)nc2sc3c(c2c1=O)CCCC3. The zero-order chi connectivity index (χ0) is 21.5. The summed E-state index contributed by atoms with van der Waals surface area (Å²) in [7, 11) is 0. The lowest BCUT2D eigenvalue weighted by atomic mass is 9.97. The Balaban J connectivity index is 1.49. The number of hydrogen-bond acceptors (Lipinski definition) is 5. The molecule has 3 aromatic heterocycles. The monoisotopic (exact) mass is 437 g/mol. The largest absolute Gasteiger partial charge is 0.323 e. The maximum atomic E-state index is 13.4. The average molecular weight is 438 g/mol. The predicted octanol–water partition coefficient (Wildman–Crippen LogP) is 5.05. The van der Waals surface area contributed by atoms with Crippen molar-refractivity contribution >= 4 is 33.2 Å². The highest BCUT2D eigenvalue weighted by Gasteiger charge is 2.23. The standard InChI is InChI=1S/C23H24FN5OS/c1-14(2)29-22(30)20-18-5-3-4-6-19(18)31-21(20)27-23(29)26-17-11-25-28(13-17)12-15-7-9-16(24)10-8-15/h7-11,13-14H,3-6,12H2,1-2H3,(H,26,27). The van der Waals surface area contributed by atoms with Crippen LogP contribution in [-0.2, 0) is 19.4 Å². The van der Waals surface area contributed by atoms with Crippen LogP contribution in [0.5, 0.6) is 0 Å². The van der Waals surface area contributed by atoms with Gasteiger partial charge in [0.2, 0.25) is 5.95 Å². The molecule has 1 N–H and O–H groups in total. The molecule has 1 aromatic carbocycles. The number of nitrogens with zero attached hydrogens (tertiary/aromatic N) is 4. The number of benzene rings is 1. The van der Waals surface area contributed by atoms with Crippen molar-refractivity contribution in [3.8, 4) is 0 Å².